The number of thiophene rings is 1. The van der Waals surface area contributed by atoms with E-state index in [1.807, 2.05) is 0 Å². The molecule has 0 saturated carbocycles. The summed E-state index contributed by atoms with van der Waals surface area (Å²) in [5.41, 5.74) is -2.02. The van der Waals surface area contributed by atoms with Crippen molar-refractivity contribution in [3.63, 3.8) is 0 Å². The van der Waals surface area contributed by atoms with Gasteiger partial charge >= 0.3 is 6.18 Å². The van der Waals surface area contributed by atoms with Crippen molar-refractivity contribution in [3.05, 3.63) is 50.5 Å². The van der Waals surface area contributed by atoms with Gasteiger partial charge in [-0.3, -0.25) is 14.5 Å². The van der Waals surface area contributed by atoms with Gasteiger partial charge < -0.3 is 15.3 Å². The van der Waals surface area contributed by atoms with Gasteiger partial charge in [-0.1, -0.05) is 0 Å². The van der Waals surface area contributed by atoms with Crippen LogP contribution in [0, 0.1) is 11.6 Å². The van der Waals surface area contributed by atoms with Gasteiger partial charge in [-0.25, -0.2) is 13.8 Å². The molecule has 0 bridgehead atoms. The molecule has 1 atom stereocenters. The first kappa shape index (κ1) is 24.0. The van der Waals surface area contributed by atoms with Crippen LogP contribution in [0.4, 0.5) is 32.8 Å². The van der Waals surface area contributed by atoms with Crippen LogP contribution in [0.15, 0.2) is 22.9 Å². The Morgan fingerprint density at radius 2 is 1.88 bits per heavy atom. The number of anilines is 2. The molecule has 3 aromatic rings. The fraction of sp³-hybridized carbons (Fsp3) is 0.250. The number of halogens is 5. The zero-order valence-corrected chi connectivity index (χ0v) is 19.0. The number of aromatic nitrogens is 1. The molecular weight excluding hydrogens is 503 g/mol. The minimum atomic E-state index is -5.23. The SMILES string of the molecule is CN1C(=O)c2c(csc2CC(=O)Nc2nc(-c3ccc(F)c(C(F)(F)F)c3F)cs2)N(C)C1O. The van der Waals surface area contributed by atoms with Crippen molar-refractivity contribution < 1.29 is 36.6 Å². The quantitative estimate of drug-likeness (QED) is 0.507. The lowest BCUT2D eigenvalue weighted by molar-refractivity contribution is -0.142. The standard InChI is InChI=1S/C20H15F5N4O3S2/c1-28-11-7-33-12(14(11)17(31)29(2)19(28)32)5-13(30)27-18-26-10(6-34-18)8-3-4-9(21)15(16(8)22)20(23,24)25/h3-4,6-7,19,32H,5H2,1-2H3,(H,26,27,30). The predicted molar refractivity (Wildman–Crippen MR) is 116 cm³/mol. The molecule has 0 saturated heterocycles. The molecule has 34 heavy (non-hydrogen) atoms. The predicted octanol–water partition coefficient (Wildman–Crippen LogP) is 4.15. The second kappa shape index (κ2) is 8.60. The van der Waals surface area contributed by atoms with Crippen molar-refractivity contribution in [2.75, 3.05) is 24.3 Å². The summed E-state index contributed by atoms with van der Waals surface area (Å²) in [6.45, 7) is 0. The van der Waals surface area contributed by atoms with E-state index in [1.165, 1.54) is 17.3 Å². The number of benzene rings is 1. The van der Waals surface area contributed by atoms with Gasteiger partial charge in [0.1, 0.15) is 17.2 Å². The first-order valence-electron chi connectivity index (χ1n) is 9.49. The summed E-state index contributed by atoms with van der Waals surface area (Å²) < 4.78 is 66.9. The van der Waals surface area contributed by atoms with Crippen LogP contribution in [-0.2, 0) is 17.4 Å². The van der Waals surface area contributed by atoms with Gasteiger partial charge in [0.15, 0.2) is 5.13 Å². The summed E-state index contributed by atoms with van der Waals surface area (Å²) in [5.74, 6) is -4.55. The number of thiazole rings is 1. The van der Waals surface area contributed by atoms with E-state index in [-0.39, 0.29) is 22.8 Å². The van der Waals surface area contributed by atoms with Gasteiger partial charge in [-0.05, 0) is 12.1 Å². The van der Waals surface area contributed by atoms with Crippen molar-refractivity contribution >= 4 is 45.3 Å². The zero-order valence-electron chi connectivity index (χ0n) is 17.4. The molecule has 1 aliphatic rings. The number of amides is 2. The van der Waals surface area contributed by atoms with Crippen LogP contribution in [0.5, 0.6) is 0 Å². The van der Waals surface area contributed by atoms with Crippen molar-refractivity contribution in [1.82, 2.24) is 9.88 Å². The Kier molecular flexibility index (Phi) is 6.08. The van der Waals surface area contributed by atoms with E-state index in [0.29, 0.717) is 16.6 Å². The third-order valence-corrected chi connectivity index (χ3v) is 6.91. The summed E-state index contributed by atoms with van der Waals surface area (Å²) in [4.78, 5) is 32.1. The maximum absolute atomic E-state index is 14.4. The average Bonchev–Trinajstić information content (AvgIpc) is 3.37. The fourth-order valence-corrected chi connectivity index (χ4v) is 5.23. The maximum Gasteiger partial charge on any atom is 0.422 e. The van der Waals surface area contributed by atoms with Crippen LogP contribution < -0.4 is 10.2 Å². The molecule has 2 aromatic heterocycles. The van der Waals surface area contributed by atoms with Crippen LogP contribution in [0.1, 0.15) is 20.8 Å². The Bertz CT molecular complexity index is 1290. The van der Waals surface area contributed by atoms with Crippen molar-refractivity contribution in [1.29, 1.82) is 0 Å². The average molecular weight is 518 g/mol. The molecular formula is C20H15F5N4O3S2. The van der Waals surface area contributed by atoms with Gasteiger partial charge in [-0.15, -0.1) is 22.7 Å². The zero-order chi connectivity index (χ0) is 24.9. The lowest BCUT2D eigenvalue weighted by atomic mass is 10.1. The number of rotatable bonds is 4. The molecule has 2 N–H and O–H groups in total. The lowest BCUT2D eigenvalue weighted by Gasteiger charge is -2.37. The highest BCUT2D eigenvalue weighted by Gasteiger charge is 2.39. The third-order valence-electron chi connectivity index (χ3n) is 5.18. The monoisotopic (exact) mass is 518 g/mol. The second-order valence-corrected chi connectivity index (χ2v) is 9.16. The van der Waals surface area contributed by atoms with Gasteiger partial charge in [0.05, 0.1) is 23.4 Å². The number of carbonyl (C=O) groups excluding carboxylic acids is 2. The number of fused-ring (bicyclic) bond motifs is 1. The molecule has 7 nitrogen and oxygen atoms in total. The first-order valence-corrected chi connectivity index (χ1v) is 11.3. The minimum absolute atomic E-state index is 0.0151. The molecule has 0 fully saturated rings. The molecule has 1 aromatic carbocycles. The summed E-state index contributed by atoms with van der Waals surface area (Å²) in [6.07, 6.45) is -6.58. The number of nitrogens with zero attached hydrogens (tertiary/aromatic N) is 3. The molecule has 0 radical (unpaired) electrons. The Balaban J connectivity index is 1.53. The summed E-state index contributed by atoms with van der Waals surface area (Å²) in [5, 5.41) is 15.4. The van der Waals surface area contributed by atoms with E-state index >= 15 is 0 Å². The number of nitrogens with one attached hydrogen (secondary N) is 1. The molecule has 1 aliphatic heterocycles. The van der Waals surface area contributed by atoms with E-state index in [1.54, 1.807) is 12.4 Å². The van der Waals surface area contributed by atoms with Crippen LogP contribution in [0.25, 0.3) is 11.3 Å². The molecule has 4 rings (SSSR count). The van der Waals surface area contributed by atoms with E-state index in [0.717, 1.165) is 33.6 Å². The number of hydrogen-bond donors (Lipinski definition) is 2. The van der Waals surface area contributed by atoms with Gasteiger partial charge in [0, 0.05) is 35.3 Å². The van der Waals surface area contributed by atoms with E-state index in [9.17, 15) is 36.6 Å². The molecule has 0 aliphatic carbocycles. The molecule has 1 unspecified atom stereocenters. The molecule has 14 heteroatoms. The van der Waals surface area contributed by atoms with Crippen molar-refractivity contribution in [3.8, 4) is 11.3 Å². The first-order chi connectivity index (χ1) is 15.9. The van der Waals surface area contributed by atoms with E-state index in [2.05, 4.69) is 10.3 Å². The molecule has 2 amide bonds. The maximum atomic E-state index is 14.4. The summed E-state index contributed by atoms with van der Waals surface area (Å²) in [7, 11) is 3.02. The lowest BCUT2D eigenvalue weighted by Crippen LogP contribution is -2.51. The third kappa shape index (κ3) is 4.12. The Labute approximate surface area is 197 Å². The van der Waals surface area contributed by atoms with Crippen molar-refractivity contribution in [2.24, 2.45) is 0 Å². The van der Waals surface area contributed by atoms with Crippen molar-refractivity contribution in [2.45, 2.75) is 18.9 Å². The fourth-order valence-electron chi connectivity index (χ4n) is 3.45. The number of hydrogen-bond acceptors (Lipinski definition) is 7. The Hall–Kier alpha value is -3.10. The number of aliphatic hydroxyl groups is 1. The van der Waals surface area contributed by atoms with Gasteiger partial charge in [-0.2, -0.15) is 13.2 Å². The highest BCUT2D eigenvalue weighted by Crippen LogP contribution is 2.39. The highest BCUT2D eigenvalue weighted by atomic mass is 32.1. The smallest absolute Gasteiger partial charge is 0.356 e. The van der Waals surface area contributed by atoms with Crippen LogP contribution >= 0.6 is 22.7 Å². The molecule has 3 heterocycles. The molecule has 180 valence electrons. The van der Waals surface area contributed by atoms with Crippen LogP contribution in [-0.4, -0.2) is 47.3 Å². The normalized spacial score (nSPS) is 16.1. The largest absolute Gasteiger partial charge is 0.422 e. The second-order valence-electron chi connectivity index (χ2n) is 7.34. The van der Waals surface area contributed by atoms with Crippen LogP contribution in [0.3, 0.4) is 0 Å². The number of carbonyl (C=O) groups is 2. The summed E-state index contributed by atoms with van der Waals surface area (Å²) >= 11 is 2.00. The highest BCUT2D eigenvalue weighted by molar-refractivity contribution is 7.14. The van der Waals surface area contributed by atoms with E-state index in [4.69, 9.17) is 0 Å². The molecule has 0 spiro atoms. The topological polar surface area (TPSA) is 85.8 Å². The Morgan fingerprint density at radius 1 is 1.18 bits per heavy atom. The van der Waals surface area contributed by atoms with E-state index < -0.39 is 47.1 Å². The Morgan fingerprint density at radius 3 is 2.56 bits per heavy atom. The van der Waals surface area contributed by atoms with Gasteiger partial charge in [0.25, 0.3) is 5.91 Å². The van der Waals surface area contributed by atoms with Crippen LogP contribution in [0.2, 0.25) is 0 Å². The number of alkyl halides is 3. The number of aliphatic hydroxyl groups excluding tert-OH is 1. The van der Waals surface area contributed by atoms with Gasteiger partial charge in [0.2, 0.25) is 12.3 Å². The minimum Gasteiger partial charge on any atom is -0.356 e. The summed E-state index contributed by atoms with van der Waals surface area (Å²) in [6, 6.07) is 1.34.